The van der Waals surface area contributed by atoms with Crippen LogP contribution in [0.5, 0.6) is 11.5 Å². The Morgan fingerprint density at radius 1 is 1.00 bits per heavy atom. The Balaban J connectivity index is 2.19. The Bertz CT molecular complexity index is 582. The summed E-state index contributed by atoms with van der Waals surface area (Å²) in [4.78, 5) is 25.2. The number of phenolic OH excluding ortho intramolecular Hbond substituents is 1. The molecule has 98 valence electrons. The van der Waals surface area contributed by atoms with E-state index in [0.717, 1.165) is 0 Å². The van der Waals surface area contributed by atoms with Crippen molar-refractivity contribution in [3.05, 3.63) is 47.9 Å². The van der Waals surface area contributed by atoms with Gasteiger partial charge in [0, 0.05) is 26.2 Å². The van der Waals surface area contributed by atoms with E-state index < -0.39 is 0 Å². The van der Waals surface area contributed by atoms with E-state index in [1.807, 2.05) is 0 Å². The van der Waals surface area contributed by atoms with Crippen LogP contribution in [0.3, 0.4) is 0 Å². The molecule has 0 amide bonds. The Morgan fingerprint density at radius 3 is 2.21 bits per heavy atom. The van der Waals surface area contributed by atoms with Crippen LogP contribution in [0, 0.1) is 0 Å². The van der Waals surface area contributed by atoms with Crippen molar-refractivity contribution in [1.29, 1.82) is 0 Å². The van der Waals surface area contributed by atoms with Crippen molar-refractivity contribution < 1.29 is 19.4 Å². The van der Waals surface area contributed by atoms with Crippen LogP contribution >= 0.6 is 0 Å². The highest BCUT2D eigenvalue weighted by Gasteiger charge is 2.23. The topological polar surface area (TPSA) is 66.8 Å². The second-order valence-corrected chi connectivity index (χ2v) is 4.26. The van der Waals surface area contributed by atoms with E-state index in [1.165, 1.54) is 36.4 Å². The maximum absolute atomic E-state index is 11.8. The van der Waals surface area contributed by atoms with Gasteiger partial charge in [-0.25, -0.2) is 0 Å². The zero-order chi connectivity index (χ0) is 14.0. The second-order valence-electron chi connectivity index (χ2n) is 4.26. The van der Waals surface area contributed by atoms with Crippen LogP contribution in [-0.4, -0.2) is 35.7 Å². The van der Waals surface area contributed by atoms with E-state index >= 15 is 0 Å². The van der Waals surface area contributed by atoms with Gasteiger partial charge in [0.15, 0.2) is 5.76 Å². The number of allylic oxidation sites excluding steroid dienone is 2. The number of aromatic hydroxyl groups is 1. The molecule has 0 bridgehead atoms. The summed E-state index contributed by atoms with van der Waals surface area (Å²) in [6.07, 6.45) is 2.42. The molecule has 1 N–H and O–H groups in total. The number of carbonyl (C=O) groups excluding carboxylic acids is 2. The molecule has 0 saturated heterocycles. The second kappa shape index (κ2) is 4.97. The summed E-state index contributed by atoms with van der Waals surface area (Å²) < 4.78 is 5.34. The largest absolute Gasteiger partial charge is 0.508 e. The van der Waals surface area contributed by atoms with Gasteiger partial charge in [0.25, 0.3) is 0 Å². The number of rotatable bonds is 3. The average Bonchev–Trinajstić information content (AvgIpc) is 2.35. The molecule has 2 rings (SSSR count). The van der Waals surface area contributed by atoms with Crippen LogP contribution in [0.15, 0.2) is 47.9 Å². The molecule has 0 saturated carbocycles. The molecule has 1 aromatic carbocycles. The smallest absolute Gasteiger partial charge is 0.223 e. The van der Waals surface area contributed by atoms with Crippen molar-refractivity contribution in [2.24, 2.45) is 0 Å². The third-order valence-corrected chi connectivity index (χ3v) is 2.57. The minimum atomic E-state index is -0.364. The fourth-order valence-corrected chi connectivity index (χ4v) is 1.60. The standard InChI is InChI=1S/C14H13NO4/c1-15(2)11-7-13(18)14(8-12(11)17)19-10-5-3-9(16)4-6-10/h3-8,16H,1-2H3. The average molecular weight is 259 g/mol. The number of ketones is 2. The zero-order valence-corrected chi connectivity index (χ0v) is 10.6. The molecular formula is C14H13NO4. The van der Waals surface area contributed by atoms with Crippen LogP contribution in [0.25, 0.3) is 0 Å². The molecule has 5 heteroatoms. The van der Waals surface area contributed by atoms with E-state index in [2.05, 4.69) is 0 Å². The molecule has 0 fully saturated rings. The SMILES string of the molecule is CN(C)C1=CC(=O)C(Oc2ccc(O)cc2)=CC1=O. The third kappa shape index (κ3) is 2.82. The number of hydrogen-bond donors (Lipinski definition) is 1. The summed E-state index contributed by atoms with van der Waals surface area (Å²) in [6, 6.07) is 5.90. The highest BCUT2D eigenvalue weighted by atomic mass is 16.5. The van der Waals surface area contributed by atoms with Gasteiger partial charge in [-0.15, -0.1) is 0 Å². The molecule has 0 heterocycles. The lowest BCUT2D eigenvalue weighted by Crippen LogP contribution is -2.25. The predicted molar refractivity (Wildman–Crippen MR) is 68.6 cm³/mol. The van der Waals surface area contributed by atoms with Gasteiger partial charge in [0.05, 0.1) is 5.70 Å². The molecule has 0 aliphatic heterocycles. The molecule has 0 radical (unpaired) electrons. The quantitative estimate of drug-likeness (QED) is 0.827. The van der Waals surface area contributed by atoms with Gasteiger partial charge < -0.3 is 14.7 Å². The van der Waals surface area contributed by atoms with Crippen LogP contribution in [-0.2, 0) is 9.59 Å². The lowest BCUT2D eigenvalue weighted by Gasteiger charge is -2.18. The normalized spacial score (nSPS) is 14.8. The van der Waals surface area contributed by atoms with Gasteiger partial charge in [0.2, 0.25) is 11.6 Å². The molecule has 19 heavy (non-hydrogen) atoms. The lowest BCUT2D eigenvalue weighted by molar-refractivity contribution is -0.117. The van der Waals surface area contributed by atoms with Crippen molar-refractivity contribution in [2.45, 2.75) is 0 Å². The van der Waals surface area contributed by atoms with Crippen molar-refractivity contribution in [3.8, 4) is 11.5 Å². The highest BCUT2D eigenvalue weighted by molar-refractivity contribution is 6.18. The van der Waals surface area contributed by atoms with E-state index in [1.54, 1.807) is 19.0 Å². The predicted octanol–water partition coefficient (Wildman–Crippen LogP) is 1.25. The van der Waals surface area contributed by atoms with Gasteiger partial charge in [-0.2, -0.15) is 0 Å². The van der Waals surface area contributed by atoms with Crippen LogP contribution < -0.4 is 4.74 Å². The molecule has 5 nitrogen and oxygen atoms in total. The molecule has 0 atom stereocenters. The number of carbonyl (C=O) groups is 2. The Morgan fingerprint density at radius 2 is 1.63 bits per heavy atom. The molecular weight excluding hydrogens is 246 g/mol. The van der Waals surface area contributed by atoms with Crippen molar-refractivity contribution >= 4 is 11.6 Å². The first-order valence-electron chi connectivity index (χ1n) is 5.63. The first-order valence-corrected chi connectivity index (χ1v) is 5.63. The Labute approximate surface area is 110 Å². The van der Waals surface area contributed by atoms with Crippen molar-refractivity contribution in [1.82, 2.24) is 4.90 Å². The monoisotopic (exact) mass is 259 g/mol. The molecule has 1 aliphatic rings. The fourth-order valence-electron chi connectivity index (χ4n) is 1.60. The van der Waals surface area contributed by atoms with Crippen molar-refractivity contribution in [3.63, 3.8) is 0 Å². The summed E-state index contributed by atoms with van der Waals surface area (Å²) in [6.45, 7) is 0. The van der Waals surface area contributed by atoms with Gasteiger partial charge >= 0.3 is 0 Å². The van der Waals surface area contributed by atoms with E-state index in [-0.39, 0.29) is 23.1 Å². The maximum atomic E-state index is 11.8. The summed E-state index contributed by atoms with van der Waals surface area (Å²) in [5, 5.41) is 9.15. The number of nitrogens with zero attached hydrogens (tertiary/aromatic N) is 1. The first-order chi connectivity index (χ1) is 8.97. The van der Waals surface area contributed by atoms with Gasteiger partial charge in [-0.05, 0) is 24.3 Å². The molecule has 0 unspecified atom stereocenters. The summed E-state index contributed by atoms with van der Waals surface area (Å²) in [5.74, 6) is -0.190. The van der Waals surface area contributed by atoms with Crippen molar-refractivity contribution in [2.75, 3.05) is 14.1 Å². The van der Waals surface area contributed by atoms with Crippen LogP contribution in [0.2, 0.25) is 0 Å². The molecule has 0 aromatic heterocycles. The fraction of sp³-hybridized carbons (Fsp3) is 0.143. The maximum Gasteiger partial charge on any atom is 0.223 e. The Hall–Kier alpha value is -2.56. The zero-order valence-electron chi connectivity index (χ0n) is 10.6. The van der Waals surface area contributed by atoms with Crippen LogP contribution in [0.1, 0.15) is 0 Å². The minimum Gasteiger partial charge on any atom is -0.508 e. The number of likely N-dealkylation sites (N-methyl/N-ethyl adjacent to an activating group) is 1. The third-order valence-electron chi connectivity index (χ3n) is 2.57. The summed E-state index contributed by atoms with van der Waals surface area (Å²) >= 11 is 0. The summed E-state index contributed by atoms with van der Waals surface area (Å²) in [7, 11) is 3.38. The molecule has 1 aliphatic carbocycles. The number of hydrogen-bond acceptors (Lipinski definition) is 5. The van der Waals surface area contributed by atoms with Crippen LogP contribution in [0.4, 0.5) is 0 Å². The molecule has 1 aromatic rings. The van der Waals surface area contributed by atoms with E-state index in [4.69, 9.17) is 9.84 Å². The number of phenols is 1. The Kier molecular flexibility index (Phi) is 3.37. The van der Waals surface area contributed by atoms with E-state index in [9.17, 15) is 9.59 Å². The number of benzene rings is 1. The minimum absolute atomic E-state index is 0.0266. The van der Waals surface area contributed by atoms with E-state index in [0.29, 0.717) is 11.4 Å². The summed E-state index contributed by atoms with van der Waals surface area (Å²) in [5.41, 5.74) is 0.322. The molecule has 0 spiro atoms. The van der Waals surface area contributed by atoms with Gasteiger partial charge in [-0.1, -0.05) is 0 Å². The lowest BCUT2D eigenvalue weighted by atomic mass is 10.1. The number of ether oxygens (including phenoxy) is 1. The highest BCUT2D eigenvalue weighted by Crippen LogP contribution is 2.21. The van der Waals surface area contributed by atoms with Gasteiger partial charge in [0.1, 0.15) is 11.5 Å². The first kappa shape index (κ1) is 12.9. The van der Waals surface area contributed by atoms with Gasteiger partial charge in [-0.3, -0.25) is 9.59 Å².